The first-order valence-electron chi connectivity index (χ1n) is 6.50. The highest BCUT2D eigenvalue weighted by Gasteiger charge is 2.21. The number of aryl methyl sites for hydroxylation is 1. The molecule has 21 heavy (non-hydrogen) atoms. The van der Waals surface area contributed by atoms with Crippen LogP contribution in [0.3, 0.4) is 0 Å². The van der Waals surface area contributed by atoms with Crippen LogP contribution < -0.4 is 16.1 Å². The summed E-state index contributed by atoms with van der Waals surface area (Å²) in [5.74, 6) is -1.41. The summed E-state index contributed by atoms with van der Waals surface area (Å²) >= 11 is 0. The Hall–Kier alpha value is -2.41. The van der Waals surface area contributed by atoms with Gasteiger partial charge in [-0.1, -0.05) is 17.7 Å². The minimum absolute atomic E-state index is 0.0806. The fourth-order valence-electron chi connectivity index (χ4n) is 1.72. The second kappa shape index (κ2) is 8.01. The van der Waals surface area contributed by atoms with Gasteiger partial charge in [0, 0.05) is 19.0 Å². The van der Waals surface area contributed by atoms with Crippen LogP contribution >= 0.6 is 0 Å². The van der Waals surface area contributed by atoms with Gasteiger partial charge in [0.15, 0.2) is 0 Å². The summed E-state index contributed by atoms with van der Waals surface area (Å²) in [6.45, 7) is 1.91. The highest BCUT2D eigenvalue weighted by molar-refractivity contribution is 5.97. The van der Waals surface area contributed by atoms with Crippen molar-refractivity contribution in [2.24, 2.45) is 0 Å². The van der Waals surface area contributed by atoms with E-state index in [1.54, 1.807) is 24.3 Å². The molecule has 1 rings (SSSR count). The molecule has 0 saturated heterocycles. The summed E-state index contributed by atoms with van der Waals surface area (Å²) in [5, 5.41) is 13.4. The van der Waals surface area contributed by atoms with Gasteiger partial charge in [-0.05, 0) is 25.5 Å². The monoisotopic (exact) mass is 293 g/mol. The van der Waals surface area contributed by atoms with E-state index >= 15 is 0 Å². The normalized spacial score (nSPS) is 11.4. The van der Waals surface area contributed by atoms with Gasteiger partial charge in [-0.2, -0.15) is 0 Å². The Morgan fingerprint density at radius 1 is 1.19 bits per heavy atom. The fraction of sp³-hybridized carbons (Fsp3) is 0.357. The molecule has 0 unspecified atom stereocenters. The third-order valence-electron chi connectivity index (χ3n) is 2.97. The number of hydrogen-bond donors (Lipinski definition) is 4. The third-order valence-corrected chi connectivity index (χ3v) is 2.97. The van der Waals surface area contributed by atoms with E-state index in [2.05, 4.69) is 10.6 Å². The molecule has 3 amide bonds. The van der Waals surface area contributed by atoms with Crippen LogP contribution in [0.2, 0.25) is 0 Å². The van der Waals surface area contributed by atoms with E-state index in [1.165, 1.54) is 12.5 Å². The number of hydrogen-bond acceptors (Lipinski definition) is 4. The lowest BCUT2D eigenvalue weighted by Gasteiger charge is -2.17. The second-order valence-electron chi connectivity index (χ2n) is 4.58. The zero-order valence-corrected chi connectivity index (χ0v) is 12.0. The van der Waals surface area contributed by atoms with Gasteiger partial charge in [-0.15, -0.1) is 0 Å². The number of rotatable bonds is 6. The standard InChI is InChI=1S/C14H19N3O4/c1-9-3-5-10(6-4-9)13(19)16-11(14(20)15-2)7-8-12(18)17-21/h3-6,11,21H,7-8H2,1-2H3,(H,15,20)(H,16,19)(H,17,18)/t11-/m1/s1. The van der Waals surface area contributed by atoms with E-state index in [0.717, 1.165) is 5.56 Å². The van der Waals surface area contributed by atoms with Crippen LogP contribution in [0.5, 0.6) is 0 Å². The summed E-state index contributed by atoms with van der Waals surface area (Å²) in [6.07, 6.45) is 0.00638. The minimum Gasteiger partial charge on any atom is -0.357 e. The highest BCUT2D eigenvalue weighted by Crippen LogP contribution is 2.05. The number of carbonyl (C=O) groups excluding carboxylic acids is 3. The molecule has 4 N–H and O–H groups in total. The molecule has 0 aliphatic rings. The van der Waals surface area contributed by atoms with Crippen molar-refractivity contribution < 1.29 is 19.6 Å². The van der Waals surface area contributed by atoms with Crippen LogP contribution in [0.4, 0.5) is 0 Å². The van der Waals surface area contributed by atoms with E-state index in [4.69, 9.17) is 5.21 Å². The Labute approximate surface area is 122 Å². The average Bonchev–Trinajstić information content (AvgIpc) is 2.50. The van der Waals surface area contributed by atoms with Gasteiger partial charge in [0.05, 0.1) is 0 Å². The maximum Gasteiger partial charge on any atom is 0.251 e. The maximum atomic E-state index is 12.1. The smallest absolute Gasteiger partial charge is 0.251 e. The van der Waals surface area contributed by atoms with Crippen molar-refractivity contribution >= 4 is 17.7 Å². The second-order valence-corrected chi connectivity index (χ2v) is 4.58. The summed E-state index contributed by atoms with van der Waals surface area (Å²) in [4.78, 5) is 34.8. The first-order chi connectivity index (χ1) is 9.97. The largest absolute Gasteiger partial charge is 0.357 e. The van der Waals surface area contributed by atoms with Gasteiger partial charge in [0.1, 0.15) is 6.04 Å². The predicted octanol–water partition coefficient (Wildman–Crippen LogP) is 0.125. The van der Waals surface area contributed by atoms with Crippen molar-refractivity contribution in [3.05, 3.63) is 35.4 Å². The molecule has 0 spiro atoms. The first-order valence-corrected chi connectivity index (χ1v) is 6.50. The lowest BCUT2D eigenvalue weighted by Crippen LogP contribution is -2.46. The molecule has 0 aliphatic heterocycles. The molecule has 0 heterocycles. The van der Waals surface area contributed by atoms with Crippen LogP contribution in [-0.2, 0) is 9.59 Å². The van der Waals surface area contributed by atoms with Gasteiger partial charge in [0.25, 0.3) is 5.91 Å². The van der Waals surface area contributed by atoms with Crippen LogP contribution in [0, 0.1) is 6.92 Å². The van der Waals surface area contributed by atoms with Gasteiger partial charge in [-0.25, -0.2) is 5.48 Å². The van der Waals surface area contributed by atoms with Gasteiger partial charge in [-0.3, -0.25) is 19.6 Å². The number of nitrogens with one attached hydrogen (secondary N) is 3. The Balaban J connectivity index is 2.71. The van der Waals surface area contributed by atoms with Gasteiger partial charge in [0.2, 0.25) is 11.8 Å². The Bertz CT molecular complexity index is 513. The number of hydroxylamine groups is 1. The topological polar surface area (TPSA) is 108 Å². The molecule has 7 nitrogen and oxygen atoms in total. The number of benzene rings is 1. The molecule has 0 aliphatic carbocycles. The van der Waals surface area contributed by atoms with Gasteiger partial charge >= 0.3 is 0 Å². The average molecular weight is 293 g/mol. The number of carbonyl (C=O) groups is 3. The van der Waals surface area contributed by atoms with Crippen molar-refractivity contribution in [3.8, 4) is 0 Å². The summed E-state index contributed by atoms with van der Waals surface area (Å²) < 4.78 is 0. The fourth-order valence-corrected chi connectivity index (χ4v) is 1.72. The molecule has 0 fully saturated rings. The zero-order chi connectivity index (χ0) is 15.8. The zero-order valence-electron chi connectivity index (χ0n) is 12.0. The molecular weight excluding hydrogens is 274 g/mol. The number of likely N-dealkylation sites (N-methyl/N-ethyl adjacent to an activating group) is 1. The molecule has 0 aromatic heterocycles. The van der Waals surface area contributed by atoms with Crippen molar-refractivity contribution in [1.29, 1.82) is 0 Å². The third kappa shape index (κ3) is 5.23. The minimum atomic E-state index is -0.846. The van der Waals surface area contributed by atoms with Crippen molar-refractivity contribution in [2.75, 3.05) is 7.05 Å². The molecular formula is C14H19N3O4. The molecule has 0 bridgehead atoms. The molecule has 7 heteroatoms. The Kier molecular flexibility index (Phi) is 6.35. The first kappa shape index (κ1) is 16.6. The SMILES string of the molecule is CNC(=O)[C@@H](CCC(=O)NO)NC(=O)c1ccc(C)cc1. The van der Waals surface area contributed by atoms with Crippen LogP contribution in [0.1, 0.15) is 28.8 Å². The molecule has 1 atom stereocenters. The van der Waals surface area contributed by atoms with E-state index in [9.17, 15) is 14.4 Å². The van der Waals surface area contributed by atoms with E-state index < -0.39 is 23.8 Å². The lowest BCUT2D eigenvalue weighted by atomic mass is 10.1. The van der Waals surface area contributed by atoms with Crippen molar-refractivity contribution in [1.82, 2.24) is 16.1 Å². The maximum absolute atomic E-state index is 12.1. The Morgan fingerprint density at radius 3 is 2.33 bits per heavy atom. The molecule has 1 aromatic carbocycles. The quantitative estimate of drug-likeness (QED) is 0.441. The van der Waals surface area contributed by atoms with Gasteiger partial charge < -0.3 is 10.6 Å². The summed E-state index contributed by atoms with van der Waals surface area (Å²) in [7, 11) is 1.44. The van der Waals surface area contributed by atoms with E-state index in [-0.39, 0.29) is 12.8 Å². The lowest BCUT2D eigenvalue weighted by molar-refractivity contribution is -0.129. The molecule has 1 aromatic rings. The molecule has 0 radical (unpaired) electrons. The van der Waals surface area contributed by atoms with Crippen LogP contribution in [0.15, 0.2) is 24.3 Å². The van der Waals surface area contributed by atoms with Crippen molar-refractivity contribution in [3.63, 3.8) is 0 Å². The van der Waals surface area contributed by atoms with E-state index in [1.807, 2.05) is 6.92 Å². The molecule has 114 valence electrons. The van der Waals surface area contributed by atoms with E-state index in [0.29, 0.717) is 5.56 Å². The molecule has 0 saturated carbocycles. The van der Waals surface area contributed by atoms with Crippen LogP contribution in [-0.4, -0.2) is 36.0 Å². The predicted molar refractivity (Wildman–Crippen MR) is 75.7 cm³/mol. The Morgan fingerprint density at radius 2 is 1.81 bits per heavy atom. The number of amides is 3. The highest BCUT2D eigenvalue weighted by atomic mass is 16.5. The van der Waals surface area contributed by atoms with Crippen LogP contribution in [0.25, 0.3) is 0 Å². The summed E-state index contributed by atoms with van der Waals surface area (Å²) in [5.41, 5.74) is 2.94. The summed E-state index contributed by atoms with van der Waals surface area (Å²) in [6, 6.07) is 6.06. The van der Waals surface area contributed by atoms with Crippen molar-refractivity contribution in [2.45, 2.75) is 25.8 Å².